The van der Waals surface area contributed by atoms with Gasteiger partial charge in [-0.2, -0.15) is 8.78 Å². The van der Waals surface area contributed by atoms with Crippen molar-refractivity contribution >= 4 is 23.4 Å². The van der Waals surface area contributed by atoms with Crippen molar-refractivity contribution in [3.8, 4) is 5.75 Å². The van der Waals surface area contributed by atoms with Crippen molar-refractivity contribution in [1.29, 1.82) is 0 Å². The van der Waals surface area contributed by atoms with Crippen LogP contribution in [0.2, 0.25) is 0 Å². The highest BCUT2D eigenvalue weighted by atomic mass is 19.3. The lowest BCUT2D eigenvalue weighted by molar-refractivity contribution is -0.0505. The number of alkyl halides is 2. The van der Waals surface area contributed by atoms with Crippen molar-refractivity contribution in [2.75, 3.05) is 24.5 Å². The average molecular weight is 457 g/mol. The van der Waals surface area contributed by atoms with Gasteiger partial charge in [-0.3, -0.25) is 4.79 Å². The molecule has 4 rings (SSSR count). The van der Waals surface area contributed by atoms with E-state index in [0.29, 0.717) is 50.5 Å². The molecule has 0 atom stereocenters. The molecule has 1 saturated heterocycles. The molecule has 33 heavy (non-hydrogen) atoms. The first kappa shape index (κ1) is 23.2. The zero-order chi connectivity index (χ0) is 23.6. The second kappa shape index (κ2) is 9.51. The van der Waals surface area contributed by atoms with Crippen molar-refractivity contribution in [2.45, 2.75) is 45.3 Å². The largest absolute Gasteiger partial charge is 0.434 e. The van der Waals surface area contributed by atoms with Crippen LogP contribution in [0.15, 0.2) is 48.5 Å². The van der Waals surface area contributed by atoms with Crippen molar-refractivity contribution in [2.24, 2.45) is 5.92 Å². The quantitative estimate of drug-likeness (QED) is 0.627. The molecule has 2 aliphatic heterocycles. The second-order valence-electron chi connectivity index (χ2n) is 9.25. The Kier molecular flexibility index (Phi) is 6.70. The topological polar surface area (TPSA) is 53.0 Å². The van der Waals surface area contributed by atoms with Crippen LogP contribution in [-0.2, 0) is 0 Å². The molecule has 0 aromatic heterocycles. The Labute approximate surface area is 193 Å². The Hall–Kier alpha value is -2.93. The zero-order valence-corrected chi connectivity index (χ0v) is 19.0. The number of para-hydroxylation sites is 1. The number of likely N-dealkylation sites (tertiary alicyclic amines) is 1. The molecule has 7 heteroatoms. The normalized spacial score (nSPS) is 17.4. The van der Waals surface area contributed by atoms with E-state index in [9.17, 15) is 18.7 Å². The molecule has 0 unspecified atom stereocenters. The summed E-state index contributed by atoms with van der Waals surface area (Å²) in [6.07, 6.45) is 5.64. The molecule has 176 valence electrons. The lowest BCUT2D eigenvalue weighted by atomic mass is 9.84. The van der Waals surface area contributed by atoms with E-state index in [-0.39, 0.29) is 17.2 Å². The Morgan fingerprint density at radius 3 is 2.58 bits per heavy atom. The van der Waals surface area contributed by atoms with Crippen LogP contribution in [0.4, 0.5) is 20.2 Å². The van der Waals surface area contributed by atoms with Crippen molar-refractivity contribution in [3.05, 3.63) is 59.7 Å². The maximum Gasteiger partial charge on any atom is 0.387 e. The Morgan fingerprint density at radius 1 is 1.15 bits per heavy atom. The number of anilines is 2. The zero-order valence-electron chi connectivity index (χ0n) is 19.0. The SMILES string of the molecule is CC(C)CC1(O)CCN(C(=O)c2ccc(N3CC=Cc4ccccc43)cc2OC(F)F)CC1. The Morgan fingerprint density at radius 2 is 1.88 bits per heavy atom. The van der Waals surface area contributed by atoms with Gasteiger partial charge in [-0.05, 0) is 48.9 Å². The van der Waals surface area contributed by atoms with Crippen LogP contribution in [-0.4, -0.2) is 47.8 Å². The maximum atomic E-state index is 13.2. The standard InChI is InChI=1S/C26H30F2N2O3/c1-18(2)17-26(32)11-14-29(15-12-26)24(31)21-10-9-20(16-23(21)33-25(27)28)30-13-5-7-19-6-3-4-8-22(19)30/h3-10,16,18,25,32H,11-15,17H2,1-2H3. The molecule has 0 saturated carbocycles. The summed E-state index contributed by atoms with van der Waals surface area (Å²) in [4.78, 5) is 16.8. The summed E-state index contributed by atoms with van der Waals surface area (Å²) in [7, 11) is 0. The molecular formula is C26H30F2N2O3. The molecule has 1 N–H and O–H groups in total. The number of rotatable bonds is 6. The lowest BCUT2D eigenvalue weighted by Gasteiger charge is -2.39. The van der Waals surface area contributed by atoms with Crippen LogP contribution in [0.1, 0.15) is 49.0 Å². The number of aliphatic hydroxyl groups is 1. The van der Waals surface area contributed by atoms with E-state index < -0.39 is 12.2 Å². The Balaban J connectivity index is 1.58. The molecule has 2 aromatic rings. The summed E-state index contributed by atoms with van der Waals surface area (Å²) in [5, 5.41) is 10.8. The fraction of sp³-hybridized carbons (Fsp3) is 0.423. The van der Waals surface area contributed by atoms with E-state index in [0.717, 1.165) is 11.3 Å². The minimum Gasteiger partial charge on any atom is -0.434 e. The number of halogens is 2. The van der Waals surface area contributed by atoms with E-state index in [1.807, 2.05) is 41.3 Å². The van der Waals surface area contributed by atoms with Gasteiger partial charge in [0.25, 0.3) is 5.91 Å². The molecule has 0 aliphatic carbocycles. The van der Waals surface area contributed by atoms with E-state index in [1.54, 1.807) is 17.0 Å². The molecule has 0 radical (unpaired) electrons. The number of hydrogen-bond donors (Lipinski definition) is 1. The average Bonchev–Trinajstić information content (AvgIpc) is 2.77. The highest BCUT2D eigenvalue weighted by Gasteiger charge is 2.35. The van der Waals surface area contributed by atoms with Gasteiger partial charge in [-0.25, -0.2) is 0 Å². The van der Waals surface area contributed by atoms with Crippen LogP contribution < -0.4 is 9.64 Å². The van der Waals surface area contributed by atoms with Crippen molar-refractivity contribution in [3.63, 3.8) is 0 Å². The van der Waals surface area contributed by atoms with Crippen LogP contribution in [0, 0.1) is 5.92 Å². The van der Waals surface area contributed by atoms with Gasteiger partial charge in [0, 0.05) is 37.1 Å². The summed E-state index contributed by atoms with van der Waals surface area (Å²) in [5.41, 5.74) is 1.98. The summed E-state index contributed by atoms with van der Waals surface area (Å²) >= 11 is 0. The summed E-state index contributed by atoms with van der Waals surface area (Å²) in [6, 6.07) is 12.7. The molecule has 5 nitrogen and oxygen atoms in total. The van der Waals surface area contributed by atoms with Gasteiger partial charge in [0.05, 0.1) is 11.2 Å². The number of hydrogen-bond acceptors (Lipinski definition) is 4. The molecule has 2 aliphatic rings. The van der Waals surface area contributed by atoms with E-state index >= 15 is 0 Å². The van der Waals surface area contributed by atoms with Crippen LogP contribution in [0.5, 0.6) is 5.75 Å². The highest BCUT2D eigenvalue weighted by Crippen LogP contribution is 2.37. The number of benzene rings is 2. The molecule has 1 fully saturated rings. The van der Waals surface area contributed by atoms with Gasteiger partial charge < -0.3 is 19.6 Å². The van der Waals surface area contributed by atoms with Crippen LogP contribution in [0.25, 0.3) is 6.08 Å². The van der Waals surface area contributed by atoms with Crippen LogP contribution in [0.3, 0.4) is 0 Å². The van der Waals surface area contributed by atoms with E-state index in [2.05, 4.69) is 13.8 Å². The number of fused-ring (bicyclic) bond motifs is 1. The lowest BCUT2D eigenvalue weighted by Crippen LogP contribution is -2.47. The summed E-state index contributed by atoms with van der Waals surface area (Å²) in [6.45, 7) is 2.41. The predicted molar refractivity (Wildman–Crippen MR) is 125 cm³/mol. The second-order valence-corrected chi connectivity index (χ2v) is 9.25. The third-order valence-corrected chi connectivity index (χ3v) is 6.31. The highest BCUT2D eigenvalue weighted by molar-refractivity contribution is 5.98. The number of ether oxygens (including phenoxy) is 1. The first-order valence-electron chi connectivity index (χ1n) is 11.4. The minimum absolute atomic E-state index is 0.106. The van der Waals surface area contributed by atoms with Gasteiger partial charge in [0.2, 0.25) is 0 Å². The van der Waals surface area contributed by atoms with Gasteiger partial charge in [-0.15, -0.1) is 0 Å². The third kappa shape index (κ3) is 5.19. The summed E-state index contributed by atoms with van der Waals surface area (Å²) < 4.78 is 31.3. The molecule has 0 spiro atoms. The van der Waals surface area contributed by atoms with Gasteiger partial charge in [0.15, 0.2) is 0 Å². The number of amides is 1. The smallest absolute Gasteiger partial charge is 0.387 e. The predicted octanol–water partition coefficient (Wildman–Crippen LogP) is 5.47. The minimum atomic E-state index is -3.04. The summed E-state index contributed by atoms with van der Waals surface area (Å²) in [5.74, 6) is -0.143. The maximum absolute atomic E-state index is 13.2. The molecular weight excluding hydrogens is 426 g/mol. The van der Waals surface area contributed by atoms with E-state index in [1.165, 1.54) is 6.07 Å². The van der Waals surface area contributed by atoms with Crippen molar-refractivity contribution < 1.29 is 23.4 Å². The first-order valence-corrected chi connectivity index (χ1v) is 11.4. The number of piperidine rings is 1. The fourth-order valence-corrected chi connectivity index (χ4v) is 4.81. The number of carbonyl (C=O) groups excluding carboxylic acids is 1. The van der Waals surface area contributed by atoms with E-state index in [4.69, 9.17) is 4.74 Å². The van der Waals surface area contributed by atoms with Gasteiger partial charge in [-0.1, -0.05) is 44.2 Å². The molecule has 0 bridgehead atoms. The van der Waals surface area contributed by atoms with Crippen molar-refractivity contribution in [1.82, 2.24) is 4.90 Å². The van der Waals surface area contributed by atoms with Crippen LogP contribution >= 0.6 is 0 Å². The molecule has 1 amide bonds. The van der Waals surface area contributed by atoms with Gasteiger partial charge >= 0.3 is 6.61 Å². The Bertz CT molecular complexity index is 1030. The monoisotopic (exact) mass is 456 g/mol. The fourth-order valence-electron chi connectivity index (χ4n) is 4.81. The molecule has 2 heterocycles. The molecule has 2 aromatic carbocycles. The van der Waals surface area contributed by atoms with Gasteiger partial charge in [0.1, 0.15) is 5.75 Å². The third-order valence-electron chi connectivity index (χ3n) is 6.31. The number of nitrogens with zero attached hydrogens (tertiary/aromatic N) is 2. The number of carbonyl (C=O) groups is 1. The first-order chi connectivity index (χ1) is 15.8.